The largest absolute Gasteiger partial charge is 0.479 e. The summed E-state index contributed by atoms with van der Waals surface area (Å²) in [7, 11) is 0. The molecule has 0 spiro atoms. The molecule has 0 amide bonds. The number of ether oxygens (including phenoxy) is 2. The Morgan fingerprint density at radius 3 is 2.48 bits per heavy atom. The first-order valence-corrected chi connectivity index (χ1v) is 7.90. The quantitative estimate of drug-likeness (QED) is 0.450. The van der Waals surface area contributed by atoms with Gasteiger partial charge in [0.15, 0.2) is 6.10 Å². The van der Waals surface area contributed by atoms with Crippen LogP contribution in [0, 0.1) is 0 Å². The van der Waals surface area contributed by atoms with Crippen LogP contribution >= 0.6 is 0 Å². The molecule has 3 heterocycles. The van der Waals surface area contributed by atoms with Gasteiger partial charge in [-0.1, -0.05) is 0 Å². The number of benzene rings is 1. The Morgan fingerprint density at radius 2 is 1.74 bits per heavy atom. The fourth-order valence-corrected chi connectivity index (χ4v) is 3.00. The number of carbonyl (C=O) groups is 1. The topological polar surface area (TPSA) is 160 Å². The van der Waals surface area contributed by atoms with Crippen LogP contribution in [0.4, 0.5) is 0 Å². The normalized spacial score (nSPS) is 28.5. The summed E-state index contributed by atoms with van der Waals surface area (Å²) in [5.41, 5.74) is -0.147. The van der Waals surface area contributed by atoms with Gasteiger partial charge in [0.2, 0.25) is 6.29 Å². The van der Waals surface area contributed by atoms with Crippen molar-refractivity contribution in [2.75, 3.05) is 0 Å². The van der Waals surface area contributed by atoms with E-state index in [1.54, 1.807) is 6.07 Å². The molecular weight excluding hydrogens is 364 g/mol. The molecule has 1 fully saturated rings. The molecule has 10 nitrogen and oxygen atoms in total. The standard InChI is InChI=1S/C17H14O10/c18-10-2-1-6-9(25-10)5-8-7(3-4-24-8)14(6)26-17-13(21)11(19)12(20)15(27-17)16(22)23/h1-5,11-13,15,17,19-21H,(H,22,23). The maximum atomic E-state index is 11.5. The average Bonchev–Trinajstić information content (AvgIpc) is 3.09. The van der Waals surface area contributed by atoms with Gasteiger partial charge in [0.1, 0.15) is 35.2 Å². The lowest BCUT2D eigenvalue weighted by atomic mass is 9.99. The van der Waals surface area contributed by atoms with Crippen LogP contribution in [0.15, 0.2) is 44.2 Å². The summed E-state index contributed by atoms with van der Waals surface area (Å²) >= 11 is 0. The minimum atomic E-state index is -1.84. The van der Waals surface area contributed by atoms with Crippen molar-refractivity contribution < 1.29 is 43.5 Å². The summed E-state index contributed by atoms with van der Waals surface area (Å²) in [5.74, 6) is -1.43. The molecule has 0 bridgehead atoms. The fourth-order valence-electron chi connectivity index (χ4n) is 3.00. The van der Waals surface area contributed by atoms with Gasteiger partial charge in [-0.15, -0.1) is 0 Å². The molecule has 1 aliphatic heterocycles. The zero-order chi connectivity index (χ0) is 19.3. The molecule has 0 aliphatic carbocycles. The second-order valence-electron chi connectivity index (χ2n) is 6.06. The van der Waals surface area contributed by atoms with Crippen molar-refractivity contribution in [2.24, 2.45) is 0 Å². The second kappa shape index (κ2) is 6.35. The Kier molecular flexibility index (Phi) is 4.12. The minimum absolute atomic E-state index is 0.0942. The molecule has 2 aromatic heterocycles. The highest BCUT2D eigenvalue weighted by atomic mass is 16.7. The molecule has 27 heavy (non-hydrogen) atoms. The summed E-state index contributed by atoms with van der Waals surface area (Å²) in [5, 5.41) is 39.8. The Labute approximate surface area is 149 Å². The first-order chi connectivity index (χ1) is 12.9. The van der Waals surface area contributed by atoms with Crippen LogP contribution in [0.5, 0.6) is 5.75 Å². The van der Waals surface area contributed by atoms with Crippen LogP contribution in [-0.2, 0) is 9.53 Å². The molecule has 10 heteroatoms. The number of aliphatic carboxylic acids is 1. The third kappa shape index (κ3) is 2.84. The number of carboxylic acids is 1. The van der Waals surface area contributed by atoms with Gasteiger partial charge in [0.25, 0.3) is 0 Å². The molecule has 5 atom stereocenters. The third-order valence-electron chi connectivity index (χ3n) is 4.36. The van der Waals surface area contributed by atoms with Crippen molar-refractivity contribution in [3.05, 3.63) is 40.9 Å². The lowest BCUT2D eigenvalue weighted by Gasteiger charge is -2.38. The van der Waals surface area contributed by atoms with E-state index in [1.165, 1.54) is 18.4 Å². The van der Waals surface area contributed by atoms with Crippen molar-refractivity contribution >= 4 is 27.9 Å². The van der Waals surface area contributed by atoms with Crippen LogP contribution in [-0.4, -0.2) is 57.1 Å². The monoisotopic (exact) mass is 378 g/mol. The van der Waals surface area contributed by atoms with E-state index in [0.717, 1.165) is 6.07 Å². The van der Waals surface area contributed by atoms with Crippen molar-refractivity contribution in [1.29, 1.82) is 0 Å². The summed E-state index contributed by atoms with van der Waals surface area (Å²) < 4.78 is 21.2. The number of hydrogen-bond acceptors (Lipinski definition) is 9. The smallest absolute Gasteiger partial charge is 0.336 e. The van der Waals surface area contributed by atoms with Gasteiger partial charge in [0, 0.05) is 12.1 Å². The Bertz CT molecular complexity index is 1070. The number of aliphatic hydroxyl groups is 3. The molecule has 0 saturated carbocycles. The maximum Gasteiger partial charge on any atom is 0.336 e. The predicted octanol–water partition coefficient (Wildman–Crippen LogP) is -0.190. The summed E-state index contributed by atoms with van der Waals surface area (Å²) in [6, 6.07) is 5.64. The van der Waals surface area contributed by atoms with Crippen LogP contribution in [0.3, 0.4) is 0 Å². The Morgan fingerprint density at radius 1 is 1.00 bits per heavy atom. The van der Waals surface area contributed by atoms with Gasteiger partial charge in [-0.25, -0.2) is 9.59 Å². The van der Waals surface area contributed by atoms with Crippen molar-refractivity contribution in [1.82, 2.24) is 0 Å². The highest BCUT2D eigenvalue weighted by molar-refractivity contribution is 6.01. The number of carboxylic acid groups (broad SMARTS) is 1. The van der Waals surface area contributed by atoms with Gasteiger partial charge >= 0.3 is 11.6 Å². The molecular formula is C17H14O10. The van der Waals surface area contributed by atoms with Crippen LogP contribution in [0.25, 0.3) is 21.9 Å². The molecule has 3 aromatic rings. The molecule has 1 aliphatic rings. The Balaban J connectivity index is 1.80. The molecule has 5 unspecified atom stereocenters. The van der Waals surface area contributed by atoms with E-state index in [-0.39, 0.29) is 11.3 Å². The number of fused-ring (bicyclic) bond motifs is 2. The number of aliphatic hydroxyl groups excluding tert-OH is 3. The van der Waals surface area contributed by atoms with Gasteiger partial charge in [0.05, 0.1) is 17.0 Å². The molecule has 4 N–H and O–H groups in total. The molecule has 1 saturated heterocycles. The average molecular weight is 378 g/mol. The van der Waals surface area contributed by atoms with Crippen LogP contribution in [0.2, 0.25) is 0 Å². The molecule has 0 radical (unpaired) electrons. The zero-order valence-electron chi connectivity index (χ0n) is 13.5. The maximum absolute atomic E-state index is 11.5. The highest BCUT2D eigenvalue weighted by Crippen LogP contribution is 2.37. The van der Waals surface area contributed by atoms with Gasteiger partial charge < -0.3 is 38.7 Å². The number of hydrogen-bond donors (Lipinski definition) is 4. The van der Waals surface area contributed by atoms with E-state index in [1.807, 2.05) is 0 Å². The van der Waals surface area contributed by atoms with Crippen molar-refractivity contribution in [3.8, 4) is 5.75 Å². The van der Waals surface area contributed by atoms with Crippen molar-refractivity contribution in [2.45, 2.75) is 30.7 Å². The van der Waals surface area contributed by atoms with Gasteiger partial charge in [-0.2, -0.15) is 0 Å². The number of rotatable bonds is 3. The van der Waals surface area contributed by atoms with E-state index in [9.17, 15) is 24.9 Å². The third-order valence-corrected chi connectivity index (χ3v) is 4.36. The first-order valence-electron chi connectivity index (χ1n) is 7.90. The summed E-state index contributed by atoms with van der Waals surface area (Å²) in [6.07, 6.45) is -7.43. The van der Waals surface area contributed by atoms with E-state index in [0.29, 0.717) is 16.4 Å². The molecule has 1 aromatic carbocycles. The van der Waals surface area contributed by atoms with E-state index in [2.05, 4.69) is 0 Å². The fraction of sp³-hybridized carbons (Fsp3) is 0.294. The van der Waals surface area contributed by atoms with Crippen molar-refractivity contribution in [3.63, 3.8) is 0 Å². The SMILES string of the molecule is O=C(O)C1OC(Oc2c3ccoc3cc3oc(=O)ccc23)C(O)C(O)C1O. The van der Waals surface area contributed by atoms with Gasteiger partial charge in [-0.3, -0.25) is 0 Å². The van der Waals surface area contributed by atoms with Crippen LogP contribution in [0.1, 0.15) is 0 Å². The predicted molar refractivity (Wildman–Crippen MR) is 87.2 cm³/mol. The van der Waals surface area contributed by atoms with Gasteiger partial charge in [-0.05, 0) is 12.1 Å². The van der Waals surface area contributed by atoms with E-state index < -0.39 is 42.3 Å². The summed E-state index contributed by atoms with van der Waals surface area (Å²) in [4.78, 5) is 22.7. The van der Waals surface area contributed by atoms with E-state index in [4.69, 9.17) is 23.4 Å². The van der Waals surface area contributed by atoms with Crippen LogP contribution < -0.4 is 10.4 Å². The Hall–Kier alpha value is -2.92. The lowest BCUT2D eigenvalue weighted by Crippen LogP contribution is -2.61. The number of furan rings is 1. The lowest BCUT2D eigenvalue weighted by molar-refractivity contribution is -0.270. The second-order valence-corrected chi connectivity index (χ2v) is 6.06. The summed E-state index contributed by atoms with van der Waals surface area (Å²) in [6.45, 7) is 0. The minimum Gasteiger partial charge on any atom is -0.479 e. The van der Waals surface area contributed by atoms with E-state index >= 15 is 0 Å². The molecule has 4 rings (SSSR count). The highest BCUT2D eigenvalue weighted by Gasteiger charge is 2.48. The molecule has 142 valence electrons. The zero-order valence-corrected chi connectivity index (χ0v) is 13.5. The first kappa shape index (κ1) is 17.5.